The van der Waals surface area contributed by atoms with Crippen LogP contribution in [0.4, 0.5) is 0 Å². The molecule has 1 saturated heterocycles. The maximum absolute atomic E-state index is 5.91. The first-order chi connectivity index (χ1) is 8.29. The number of benzene rings is 1. The maximum Gasteiger partial charge on any atom is 0.122 e. The standard InChI is InChI=1S/C13H18BrNO2/c14-13-4-3-11(8-10(13)5-6-15)17-12-2-1-7-16-9-12/h3-4,8,12H,1-2,5-7,9,15H2. The molecule has 0 amide bonds. The Labute approximate surface area is 110 Å². The van der Waals surface area contributed by atoms with Crippen molar-refractivity contribution in [3.63, 3.8) is 0 Å². The van der Waals surface area contributed by atoms with Crippen molar-refractivity contribution in [1.29, 1.82) is 0 Å². The Kier molecular flexibility index (Phi) is 4.83. The maximum atomic E-state index is 5.91. The Balaban J connectivity index is 2.02. The summed E-state index contributed by atoms with van der Waals surface area (Å²) in [6.45, 7) is 2.20. The minimum atomic E-state index is 0.190. The number of ether oxygens (including phenoxy) is 2. The first-order valence-corrected chi connectivity index (χ1v) is 6.82. The SMILES string of the molecule is NCCc1cc(OC2CCCOC2)ccc1Br. The topological polar surface area (TPSA) is 44.5 Å². The molecule has 1 fully saturated rings. The van der Waals surface area contributed by atoms with Crippen molar-refractivity contribution in [2.75, 3.05) is 19.8 Å². The van der Waals surface area contributed by atoms with Gasteiger partial charge in [0.25, 0.3) is 0 Å². The lowest BCUT2D eigenvalue weighted by molar-refractivity contribution is 0.00740. The number of hydrogen-bond acceptors (Lipinski definition) is 3. The molecule has 1 aliphatic heterocycles. The second-order valence-electron chi connectivity index (χ2n) is 4.25. The van der Waals surface area contributed by atoms with Crippen LogP contribution in [0.3, 0.4) is 0 Å². The Morgan fingerprint density at radius 1 is 1.47 bits per heavy atom. The zero-order valence-electron chi connectivity index (χ0n) is 9.82. The van der Waals surface area contributed by atoms with E-state index in [0.29, 0.717) is 13.2 Å². The normalized spacial score (nSPS) is 20.2. The Hall–Kier alpha value is -0.580. The molecule has 1 aromatic rings. The van der Waals surface area contributed by atoms with Gasteiger partial charge in [0.05, 0.1) is 6.61 Å². The van der Waals surface area contributed by atoms with Gasteiger partial charge in [0.15, 0.2) is 0 Å². The largest absolute Gasteiger partial charge is 0.488 e. The van der Waals surface area contributed by atoms with Crippen molar-refractivity contribution < 1.29 is 9.47 Å². The summed E-state index contributed by atoms with van der Waals surface area (Å²) in [5.41, 5.74) is 6.78. The van der Waals surface area contributed by atoms with E-state index in [0.717, 1.165) is 36.1 Å². The number of nitrogens with two attached hydrogens (primary N) is 1. The van der Waals surface area contributed by atoms with Crippen molar-refractivity contribution in [2.45, 2.75) is 25.4 Å². The third-order valence-corrected chi connectivity index (χ3v) is 3.63. The van der Waals surface area contributed by atoms with Crippen LogP contribution in [0.2, 0.25) is 0 Å². The molecule has 0 aliphatic carbocycles. The highest BCUT2D eigenvalue weighted by Gasteiger charge is 2.15. The Morgan fingerprint density at radius 2 is 2.35 bits per heavy atom. The summed E-state index contributed by atoms with van der Waals surface area (Å²) in [6.07, 6.45) is 3.20. The zero-order valence-corrected chi connectivity index (χ0v) is 11.4. The molecule has 4 heteroatoms. The molecule has 0 radical (unpaired) electrons. The molecule has 0 aromatic heterocycles. The molecule has 1 aromatic carbocycles. The lowest BCUT2D eigenvalue weighted by atomic mass is 10.1. The highest BCUT2D eigenvalue weighted by molar-refractivity contribution is 9.10. The van der Waals surface area contributed by atoms with Crippen LogP contribution in [-0.2, 0) is 11.2 Å². The first-order valence-electron chi connectivity index (χ1n) is 6.02. The van der Waals surface area contributed by atoms with Gasteiger partial charge in [-0.1, -0.05) is 15.9 Å². The van der Waals surface area contributed by atoms with E-state index in [4.69, 9.17) is 15.2 Å². The molecule has 1 heterocycles. The van der Waals surface area contributed by atoms with Gasteiger partial charge < -0.3 is 15.2 Å². The summed E-state index contributed by atoms with van der Waals surface area (Å²) in [7, 11) is 0. The van der Waals surface area contributed by atoms with Gasteiger partial charge in [-0.25, -0.2) is 0 Å². The highest BCUT2D eigenvalue weighted by Crippen LogP contribution is 2.24. The third kappa shape index (κ3) is 3.69. The van der Waals surface area contributed by atoms with E-state index in [-0.39, 0.29) is 6.10 Å². The minimum absolute atomic E-state index is 0.190. The molecule has 2 N–H and O–H groups in total. The molecule has 17 heavy (non-hydrogen) atoms. The molecule has 1 unspecified atom stereocenters. The fraction of sp³-hybridized carbons (Fsp3) is 0.538. The van der Waals surface area contributed by atoms with Gasteiger partial charge in [0.2, 0.25) is 0 Å². The van der Waals surface area contributed by atoms with Gasteiger partial charge in [-0.15, -0.1) is 0 Å². The van der Waals surface area contributed by atoms with Crippen molar-refractivity contribution in [3.8, 4) is 5.75 Å². The molecule has 0 bridgehead atoms. The van der Waals surface area contributed by atoms with E-state index in [1.54, 1.807) is 0 Å². The lowest BCUT2D eigenvalue weighted by Crippen LogP contribution is -2.28. The summed E-state index contributed by atoms with van der Waals surface area (Å²) in [6, 6.07) is 6.06. The second-order valence-corrected chi connectivity index (χ2v) is 5.10. The molecule has 0 saturated carbocycles. The van der Waals surface area contributed by atoms with E-state index in [1.165, 1.54) is 5.56 Å². The number of halogens is 1. The molecular formula is C13H18BrNO2. The lowest BCUT2D eigenvalue weighted by Gasteiger charge is -2.23. The van der Waals surface area contributed by atoms with E-state index in [2.05, 4.69) is 22.0 Å². The fourth-order valence-electron chi connectivity index (χ4n) is 1.97. The van der Waals surface area contributed by atoms with E-state index in [1.807, 2.05) is 12.1 Å². The molecule has 94 valence electrons. The summed E-state index contributed by atoms with van der Waals surface area (Å²) in [4.78, 5) is 0. The predicted molar refractivity (Wildman–Crippen MR) is 71.4 cm³/mol. The molecule has 3 nitrogen and oxygen atoms in total. The van der Waals surface area contributed by atoms with Gasteiger partial charge in [-0.05, 0) is 49.6 Å². The Morgan fingerprint density at radius 3 is 3.06 bits per heavy atom. The van der Waals surface area contributed by atoms with Crippen LogP contribution < -0.4 is 10.5 Å². The summed E-state index contributed by atoms with van der Waals surface area (Å²) in [5.74, 6) is 0.909. The van der Waals surface area contributed by atoms with Crippen LogP contribution in [0, 0.1) is 0 Å². The van der Waals surface area contributed by atoms with Gasteiger partial charge >= 0.3 is 0 Å². The molecule has 2 rings (SSSR count). The second kappa shape index (κ2) is 6.38. The van der Waals surface area contributed by atoms with Crippen LogP contribution in [0.15, 0.2) is 22.7 Å². The van der Waals surface area contributed by atoms with Gasteiger partial charge in [-0.3, -0.25) is 0 Å². The number of rotatable bonds is 4. The van der Waals surface area contributed by atoms with E-state index < -0.39 is 0 Å². The number of hydrogen-bond donors (Lipinski definition) is 1. The van der Waals surface area contributed by atoms with Crippen LogP contribution in [0.25, 0.3) is 0 Å². The average molecular weight is 300 g/mol. The van der Waals surface area contributed by atoms with E-state index >= 15 is 0 Å². The van der Waals surface area contributed by atoms with Crippen molar-refractivity contribution >= 4 is 15.9 Å². The first kappa shape index (κ1) is 12.9. The van der Waals surface area contributed by atoms with Crippen LogP contribution >= 0.6 is 15.9 Å². The van der Waals surface area contributed by atoms with Gasteiger partial charge in [0.1, 0.15) is 11.9 Å². The summed E-state index contributed by atoms with van der Waals surface area (Å²) >= 11 is 3.52. The summed E-state index contributed by atoms with van der Waals surface area (Å²) in [5, 5.41) is 0. The van der Waals surface area contributed by atoms with Crippen molar-refractivity contribution in [3.05, 3.63) is 28.2 Å². The van der Waals surface area contributed by atoms with Gasteiger partial charge in [0, 0.05) is 11.1 Å². The van der Waals surface area contributed by atoms with Crippen molar-refractivity contribution in [1.82, 2.24) is 0 Å². The smallest absolute Gasteiger partial charge is 0.122 e. The molecule has 1 aliphatic rings. The highest BCUT2D eigenvalue weighted by atomic mass is 79.9. The Bertz CT molecular complexity index is 364. The van der Waals surface area contributed by atoms with E-state index in [9.17, 15) is 0 Å². The quantitative estimate of drug-likeness (QED) is 0.929. The van der Waals surface area contributed by atoms with Crippen LogP contribution in [0.5, 0.6) is 5.75 Å². The summed E-state index contributed by atoms with van der Waals surface area (Å²) < 4.78 is 12.4. The zero-order chi connectivity index (χ0) is 12.1. The fourth-order valence-corrected chi connectivity index (χ4v) is 2.41. The molecular weight excluding hydrogens is 282 g/mol. The third-order valence-electron chi connectivity index (χ3n) is 2.85. The van der Waals surface area contributed by atoms with Crippen LogP contribution in [0.1, 0.15) is 18.4 Å². The monoisotopic (exact) mass is 299 g/mol. The van der Waals surface area contributed by atoms with Gasteiger partial charge in [-0.2, -0.15) is 0 Å². The average Bonchev–Trinajstić information content (AvgIpc) is 2.35. The van der Waals surface area contributed by atoms with Crippen LogP contribution in [-0.4, -0.2) is 25.9 Å². The molecule has 0 spiro atoms. The van der Waals surface area contributed by atoms with Crippen molar-refractivity contribution in [2.24, 2.45) is 5.73 Å². The molecule has 1 atom stereocenters. The predicted octanol–water partition coefficient (Wildman–Crippen LogP) is 2.51. The minimum Gasteiger partial charge on any atom is -0.488 e.